The fraction of sp³-hybridized carbons (Fsp3) is 0.417. The van der Waals surface area contributed by atoms with Crippen molar-refractivity contribution >= 4 is 0 Å². The van der Waals surface area contributed by atoms with E-state index < -0.39 is 0 Å². The topological polar surface area (TPSA) is 74.4 Å². The number of hydrogen-bond donors (Lipinski definition) is 2. The van der Waals surface area contributed by atoms with Gasteiger partial charge < -0.3 is 9.97 Å². The quantitative estimate of drug-likeness (QED) is 0.830. The van der Waals surface area contributed by atoms with E-state index in [0.717, 1.165) is 11.5 Å². The second-order valence-electron chi connectivity index (χ2n) is 4.49. The maximum absolute atomic E-state index is 11.5. The van der Waals surface area contributed by atoms with E-state index in [9.17, 15) is 4.79 Å². The summed E-state index contributed by atoms with van der Waals surface area (Å²) >= 11 is 0. The fourth-order valence-corrected chi connectivity index (χ4v) is 1.57. The van der Waals surface area contributed by atoms with E-state index in [1.165, 1.54) is 0 Å². The SMILES string of the molecule is Cc1[nH]c(C(C)C)nc1-c1ncc(C)c(=O)[nH]1. The zero-order valence-corrected chi connectivity index (χ0v) is 10.5. The van der Waals surface area contributed by atoms with Gasteiger partial charge >= 0.3 is 0 Å². The molecule has 2 N–H and O–H groups in total. The van der Waals surface area contributed by atoms with Gasteiger partial charge in [-0.15, -0.1) is 0 Å². The predicted molar refractivity (Wildman–Crippen MR) is 66.0 cm³/mol. The zero-order chi connectivity index (χ0) is 12.6. The van der Waals surface area contributed by atoms with Gasteiger partial charge in [0.25, 0.3) is 5.56 Å². The van der Waals surface area contributed by atoms with Crippen LogP contribution in [0.4, 0.5) is 0 Å². The lowest BCUT2D eigenvalue weighted by Gasteiger charge is -1.98. The molecule has 17 heavy (non-hydrogen) atoms. The van der Waals surface area contributed by atoms with Crippen LogP contribution in [0.15, 0.2) is 11.0 Å². The first-order chi connectivity index (χ1) is 7.99. The molecule has 0 aliphatic carbocycles. The van der Waals surface area contributed by atoms with Gasteiger partial charge in [0.15, 0.2) is 5.82 Å². The maximum Gasteiger partial charge on any atom is 0.254 e. The number of aryl methyl sites for hydroxylation is 2. The van der Waals surface area contributed by atoms with E-state index in [1.54, 1.807) is 13.1 Å². The highest BCUT2D eigenvalue weighted by Gasteiger charge is 2.13. The van der Waals surface area contributed by atoms with E-state index in [4.69, 9.17) is 0 Å². The fourth-order valence-electron chi connectivity index (χ4n) is 1.57. The maximum atomic E-state index is 11.5. The Hall–Kier alpha value is -1.91. The van der Waals surface area contributed by atoms with E-state index in [0.29, 0.717) is 23.0 Å². The third-order valence-electron chi connectivity index (χ3n) is 2.65. The van der Waals surface area contributed by atoms with Crippen LogP contribution in [-0.4, -0.2) is 19.9 Å². The second kappa shape index (κ2) is 4.16. The van der Waals surface area contributed by atoms with Gasteiger partial charge in [0.05, 0.1) is 0 Å². The van der Waals surface area contributed by atoms with Crippen LogP contribution in [0.25, 0.3) is 11.5 Å². The minimum Gasteiger partial charge on any atom is -0.345 e. The summed E-state index contributed by atoms with van der Waals surface area (Å²) in [5.74, 6) is 1.74. The van der Waals surface area contributed by atoms with Crippen molar-refractivity contribution in [3.63, 3.8) is 0 Å². The third-order valence-corrected chi connectivity index (χ3v) is 2.65. The van der Waals surface area contributed by atoms with Gasteiger partial charge in [-0.3, -0.25) is 4.79 Å². The average Bonchev–Trinajstić information content (AvgIpc) is 2.65. The molecule has 0 aliphatic heterocycles. The lowest BCUT2D eigenvalue weighted by Crippen LogP contribution is -2.11. The number of rotatable bonds is 2. The number of aromatic amines is 2. The molecule has 0 spiro atoms. The molecule has 0 saturated carbocycles. The van der Waals surface area contributed by atoms with Crippen LogP contribution in [-0.2, 0) is 0 Å². The van der Waals surface area contributed by atoms with Crippen molar-refractivity contribution in [3.8, 4) is 11.5 Å². The van der Waals surface area contributed by atoms with Crippen molar-refractivity contribution in [1.82, 2.24) is 19.9 Å². The van der Waals surface area contributed by atoms with Gasteiger partial charge in [-0.25, -0.2) is 9.97 Å². The van der Waals surface area contributed by atoms with Crippen molar-refractivity contribution in [2.24, 2.45) is 0 Å². The number of hydrogen-bond acceptors (Lipinski definition) is 3. The molecule has 90 valence electrons. The first-order valence-electron chi connectivity index (χ1n) is 5.62. The van der Waals surface area contributed by atoms with Crippen LogP contribution in [0.3, 0.4) is 0 Å². The molecule has 0 radical (unpaired) electrons. The second-order valence-corrected chi connectivity index (χ2v) is 4.49. The number of aromatic nitrogens is 4. The smallest absolute Gasteiger partial charge is 0.254 e. The Morgan fingerprint density at radius 1 is 1.24 bits per heavy atom. The summed E-state index contributed by atoms with van der Waals surface area (Å²) in [5, 5.41) is 0. The molecule has 0 aromatic carbocycles. The molecule has 5 nitrogen and oxygen atoms in total. The van der Waals surface area contributed by atoms with Crippen molar-refractivity contribution in [2.75, 3.05) is 0 Å². The first kappa shape index (κ1) is 11.6. The normalized spacial score (nSPS) is 11.1. The third kappa shape index (κ3) is 2.13. The van der Waals surface area contributed by atoms with E-state index >= 15 is 0 Å². The Morgan fingerprint density at radius 3 is 2.47 bits per heavy atom. The lowest BCUT2D eigenvalue weighted by molar-refractivity contribution is 0.792. The van der Waals surface area contributed by atoms with Crippen molar-refractivity contribution < 1.29 is 0 Å². The number of nitrogens with one attached hydrogen (secondary N) is 2. The molecule has 0 atom stereocenters. The van der Waals surface area contributed by atoms with Crippen molar-refractivity contribution in [3.05, 3.63) is 33.6 Å². The Balaban J connectivity index is 2.52. The summed E-state index contributed by atoms with van der Waals surface area (Å²) in [5.41, 5.74) is 2.11. The molecule has 0 fully saturated rings. The van der Waals surface area contributed by atoms with Crippen LogP contribution in [0.5, 0.6) is 0 Å². The van der Waals surface area contributed by atoms with Gasteiger partial charge in [0.1, 0.15) is 11.5 Å². The molecule has 2 heterocycles. The summed E-state index contributed by atoms with van der Waals surface area (Å²) in [6, 6.07) is 0. The standard InChI is InChI=1S/C12H16N4O/c1-6(2)10-14-8(4)9(15-10)11-13-5-7(3)12(17)16-11/h5-6H,1-4H3,(H,14,15)(H,13,16,17). The highest BCUT2D eigenvalue weighted by Crippen LogP contribution is 2.19. The Bertz CT molecular complexity index is 595. The first-order valence-corrected chi connectivity index (χ1v) is 5.62. The Kier molecular flexibility index (Phi) is 2.83. The molecule has 0 bridgehead atoms. The number of imidazole rings is 1. The van der Waals surface area contributed by atoms with E-state index in [2.05, 4.69) is 33.8 Å². The monoisotopic (exact) mass is 232 g/mol. The molecule has 2 aromatic rings. The van der Waals surface area contributed by atoms with Crippen LogP contribution >= 0.6 is 0 Å². The molecule has 2 aromatic heterocycles. The predicted octanol–water partition coefficient (Wildman–Crippen LogP) is 1.90. The van der Waals surface area contributed by atoms with Crippen LogP contribution in [0.1, 0.15) is 36.8 Å². The number of nitrogens with zero attached hydrogens (tertiary/aromatic N) is 2. The zero-order valence-electron chi connectivity index (χ0n) is 10.5. The summed E-state index contributed by atoms with van der Waals surface area (Å²) in [4.78, 5) is 26.1. The van der Waals surface area contributed by atoms with Crippen molar-refractivity contribution in [1.29, 1.82) is 0 Å². The van der Waals surface area contributed by atoms with Crippen molar-refractivity contribution in [2.45, 2.75) is 33.6 Å². The Morgan fingerprint density at radius 2 is 1.94 bits per heavy atom. The highest BCUT2D eigenvalue weighted by atomic mass is 16.1. The molecule has 0 saturated heterocycles. The van der Waals surface area contributed by atoms with Crippen LogP contribution < -0.4 is 5.56 Å². The molecule has 0 amide bonds. The minimum atomic E-state index is -0.122. The largest absolute Gasteiger partial charge is 0.345 e. The average molecular weight is 232 g/mol. The molecular weight excluding hydrogens is 216 g/mol. The molecule has 0 aliphatic rings. The van der Waals surface area contributed by atoms with Crippen LogP contribution in [0, 0.1) is 13.8 Å². The Labute approximate surface area is 99.3 Å². The van der Waals surface area contributed by atoms with Gasteiger partial charge in [0.2, 0.25) is 0 Å². The summed E-state index contributed by atoms with van der Waals surface area (Å²) < 4.78 is 0. The molecule has 0 unspecified atom stereocenters. The van der Waals surface area contributed by atoms with Gasteiger partial charge in [-0.1, -0.05) is 13.8 Å². The molecular formula is C12H16N4O. The van der Waals surface area contributed by atoms with E-state index in [-0.39, 0.29) is 5.56 Å². The summed E-state index contributed by atoms with van der Waals surface area (Å²) in [7, 11) is 0. The van der Waals surface area contributed by atoms with Gasteiger partial charge in [-0.05, 0) is 13.8 Å². The molecule has 5 heteroatoms. The summed E-state index contributed by atoms with van der Waals surface area (Å²) in [6.07, 6.45) is 1.57. The summed E-state index contributed by atoms with van der Waals surface area (Å²) in [6.45, 7) is 7.78. The highest BCUT2D eigenvalue weighted by molar-refractivity contribution is 5.52. The van der Waals surface area contributed by atoms with Gasteiger partial charge in [0, 0.05) is 23.4 Å². The van der Waals surface area contributed by atoms with E-state index in [1.807, 2.05) is 6.92 Å². The minimum absolute atomic E-state index is 0.122. The van der Waals surface area contributed by atoms with Crippen LogP contribution in [0.2, 0.25) is 0 Å². The number of H-pyrrole nitrogens is 2. The lowest BCUT2D eigenvalue weighted by atomic mass is 10.2. The molecule has 2 rings (SSSR count). The van der Waals surface area contributed by atoms with Gasteiger partial charge in [-0.2, -0.15) is 0 Å².